The number of hydrogen-bond acceptors (Lipinski definition) is 5. The van der Waals surface area contributed by atoms with Gasteiger partial charge in [-0.2, -0.15) is 10.2 Å². The third kappa shape index (κ3) is 2.59. The van der Waals surface area contributed by atoms with Crippen LogP contribution in [0.15, 0.2) is 42.2 Å². The fourth-order valence-corrected chi connectivity index (χ4v) is 3.14. The number of nitrogens with one attached hydrogen (secondary N) is 1. The van der Waals surface area contributed by atoms with Crippen LogP contribution >= 0.6 is 11.3 Å². The summed E-state index contributed by atoms with van der Waals surface area (Å²) in [4.78, 5) is 4.30. The Kier molecular flexibility index (Phi) is 3.34. The van der Waals surface area contributed by atoms with Gasteiger partial charge in [-0.05, 0) is 25.1 Å². The van der Waals surface area contributed by atoms with Gasteiger partial charge in [-0.3, -0.25) is 9.78 Å². The third-order valence-electron chi connectivity index (χ3n) is 3.62. The Labute approximate surface area is 136 Å². The van der Waals surface area contributed by atoms with Gasteiger partial charge in [0, 0.05) is 35.8 Å². The smallest absolute Gasteiger partial charge is 0.147 e. The minimum atomic E-state index is -0.0822. The molecular formula is C16H15N5OS. The van der Waals surface area contributed by atoms with Gasteiger partial charge in [-0.15, -0.1) is 11.3 Å². The molecule has 4 aromatic rings. The highest BCUT2D eigenvalue weighted by Gasteiger charge is 2.13. The van der Waals surface area contributed by atoms with E-state index in [1.54, 1.807) is 28.4 Å². The molecular weight excluding hydrogens is 310 g/mol. The summed E-state index contributed by atoms with van der Waals surface area (Å²) in [6, 6.07) is 5.93. The molecule has 1 atom stereocenters. The number of rotatable bonds is 4. The van der Waals surface area contributed by atoms with Crippen molar-refractivity contribution >= 4 is 22.2 Å². The molecule has 0 aliphatic carbocycles. The first-order valence-electron chi connectivity index (χ1n) is 7.24. The van der Waals surface area contributed by atoms with Crippen LogP contribution in [0.5, 0.6) is 5.75 Å². The van der Waals surface area contributed by atoms with Gasteiger partial charge < -0.3 is 4.74 Å². The van der Waals surface area contributed by atoms with Crippen molar-refractivity contribution in [2.75, 3.05) is 0 Å². The Morgan fingerprint density at radius 2 is 2.26 bits per heavy atom. The minimum Gasteiger partial charge on any atom is -0.484 e. The largest absolute Gasteiger partial charge is 0.484 e. The van der Waals surface area contributed by atoms with Gasteiger partial charge in [-0.1, -0.05) is 0 Å². The second-order valence-electron chi connectivity index (χ2n) is 5.31. The molecule has 1 aromatic carbocycles. The molecule has 0 bridgehead atoms. The van der Waals surface area contributed by atoms with Gasteiger partial charge in [0.15, 0.2) is 0 Å². The van der Waals surface area contributed by atoms with Crippen LogP contribution in [-0.4, -0.2) is 25.0 Å². The third-order valence-corrected chi connectivity index (χ3v) is 4.56. The molecule has 6 nitrogen and oxygen atoms in total. The molecule has 0 saturated heterocycles. The molecule has 3 heterocycles. The highest BCUT2D eigenvalue weighted by molar-refractivity contribution is 7.09. The second kappa shape index (κ2) is 5.51. The fraction of sp³-hybridized carbons (Fsp3) is 0.188. The van der Waals surface area contributed by atoms with E-state index in [-0.39, 0.29) is 6.10 Å². The van der Waals surface area contributed by atoms with Crippen LogP contribution in [0.1, 0.15) is 18.0 Å². The van der Waals surface area contributed by atoms with E-state index in [0.29, 0.717) is 0 Å². The predicted octanol–water partition coefficient (Wildman–Crippen LogP) is 3.56. The molecule has 0 radical (unpaired) electrons. The number of benzene rings is 1. The zero-order chi connectivity index (χ0) is 15.8. The van der Waals surface area contributed by atoms with Gasteiger partial charge in [0.05, 0.1) is 11.7 Å². The van der Waals surface area contributed by atoms with Crippen LogP contribution < -0.4 is 4.74 Å². The lowest BCUT2D eigenvalue weighted by molar-refractivity contribution is 0.226. The van der Waals surface area contributed by atoms with Crippen molar-refractivity contribution in [2.45, 2.75) is 13.0 Å². The average molecular weight is 325 g/mol. The van der Waals surface area contributed by atoms with Crippen LogP contribution in [0, 0.1) is 0 Å². The Morgan fingerprint density at radius 3 is 3.00 bits per heavy atom. The van der Waals surface area contributed by atoms with E-state index in [0.717, 1.165) is 32.9 Å². The van der Waals surface area contributed by atoms with E-state index in [2.05, 4.69) is 20.3 Å². The summed E-state index contributed by atoms with van der Waals surface area (Å²) in [5.74, 6) is 0.798. The summed E-state index contributed by atoms with van der Waals surface area (Å²) < 4.78 is 7.78. The number of aryl methyl sites for hydroxylation is 1. The fourth-order valence-electron chi connectivity index (χ4n) is 2.52. The normalized spacial score (nSPS) is 12.6. The minimum absolute atomic E-state index is 0.0822. The number of fused-ring (bicyclic) bond motifs is 1. The molecule has 4 rings (SSSR count). The number of aromatic amines is 1. The monoisotopic (exact) mass is 325 g/mol. The summed E-state index contributed by atoms with van der Waals surface area (Å²) in [6.07, 6.45) is 5.46. The highest BCUT2D eigenvalue weighted by Crippen LogP contribution is 2.31. The maximum atomic E-state index is 6.02. The van der Waals surface area contributed by atoms with Crippen LogP contribution in [0.2, 0.25) is 0 Å². The van der Waals surface area contributed by atoms with E-state index in [1.807, 2.05) is 43.7 Å². The topological polar surface area (TPSA) is 68.6 Å². The van der Waals surface area contributed by atoms with E-state index < -0.39 is 0 Å². The Balaban J connectivity index is 1.69. The number of H-pyrrole nitrogens is 1. The lowest BCUT2D eigenvalue weighted by Crippen LogP contribution is -2.02. The number of thiazole rings is 1. The van der Waals surface area contributed by atoms with Crippen molar-refractivity contribution in [3.8, 4) is 17.0 Å². The second-order valence-corrected chi connectivity index (χ2v) is 6.24. The molecule has 0 saturated carbocycles. The molecule has 0 aliphatic heterocycles. The summed E-state index contributed by atoms with van der Waals surface area (Å²) >= 11 is 1.59. The van der Waals surface area contributed by atoms with Crippen molar-refractivity contribution in [1.29, 1.82) is 0 Å². The van der Waals surface area contributed by atoms with Crippen molar-refractivity contribution in [3.63, 3.8) is 0 Å². The number of ether oxygens (including phenoxy) is 1. The van der Waals surface area contributed by atoms with Gasteiger partial charge >= 0.3 is 0 Å². The Morgan fingerprint density at radius 1 is 1.35 bits per heavy atom. The quantitative estimate of drug-likeness (QED) is 0.623. The molecule has 0 fully saturated rings. The van der Waals surface area contributed by atoms with Crippen molar-refractivity contribution < 1.29 is 4.74 Å². The van der Waals surface area contributed by atoms with E-state index in [9.17, 15) is 0 Å². The first-order valence-corrected chi connectivity index (χ1v) is 8.12. The molecule has 0 amide bonds. The van der Waals surface area contributed by atoms with Crippen LogP contribution in [0.3, 0.4) is 0 Å². The lowest BCUT2D eigenvalue weighted by atomic mass is 10.1. The molecule has 0 aliphatic rings. The van der Waals surface area contributed by atoms with Crippen molar-refractivity contribution in [3.05, 3.63) is 47.2 Å². The zero-order valence-corrected chi connectivity index (χ0v) is 13.5. The van der Waals surface area contributed by atoms with Crippen molar-refractivity contribution in [1.82, 2.24) is 25.0 Å². The Hall–Kier alpha value is -2.67. The lowest BCUT2D eigenvalue weighted by Gasteiger charge is -2.12. The SMILES string of the molecule is CC(Oc1ccc2[nH]nc(-c3cnn(C)c3)c2c1)c1nccs1. The van der Waals surface area contributed by atoms with Gasteiger partial charge in [0.25, 0.3) is 0 Å². The summed E-state index contributed by atoms with van der Waals surface area (Å²) in [7, 11) is 1.89. The number of hydrogen-bond donors (Lipinski definition) is 1. The summed E-state index contributed by atoms with van der Waals surface area (Å²) in [5.41, 5.74) is 2.82. The molecule has 1 N–H and O–H groups in total. The van der Waals surface area contributed by atoms with Crippen LogP contribution in [-0.2, 0) is 7.05 Å². The molecule has 1 unspecified atom stereocenters. The van der Waals surface area contributed by atoms with Gasteiger partial charge in [-0.25, -0.2) is 4.98 Å². The molecule has 0 spiro atoms. The number of nitrogens with zero attached hydrogens (tertiary/aromatic N) is 4. The zero-order valence-electron chi connectivity index (χ0n) is 12.7. The number of aromatic nitrogens is 5. The van der Waals surface area contributed by atoms with Gasteiger partial charge in [0.1, 0.15) is 22.6 Å². The predicted molar refractivity (Wildman–Crippen MR) is 89.5 cm³/mol. The van der Waals surface area contributed by atoms with Gasteiger partial charge in [0.2, 0.25) is 0 Å². The van der Waals surface area contributed by atoms with E-state index in [1.165, 1.54) is 0 Å². The molecule has 7 heteroatoms. The maximum Gasteiger partial charge on any atom is 0.147 e. The first-order chi connectivity index (χ1) is 11.2. The first kappa shape index (κ1) is 14.0. The summed E-state index contributed by atoms with van der Waals surface area (Å²) in [5, 5.41) is 15.6. The average Bonchev–Trinajstić information content (AvgIpc) is 3.26. The summed E-state index contributed by atoms with van der Waals surface area (Å²) in [6.45, 7) is 2.00. The Bertz CT molecular complexity index is 941. The van der Waals surface area contributed by atoms with Crippen LogP contribution in [0.25, 0.3) is 22.2 Å². The van der Waals surface area contributed by atoms with E-state index in [4.69, 9.17) is 4.74 Å². The van der Waals surface area contributed by atoms with E-state index >= 15 is 0 Å². The van der Waals surface area contributed by atoms with Crippen LogP contribution in [0.4, 0.5) is 0 Å². The highest BCUT2D eigenvalue weighted by atomic mass is 32.1. The molecule has 116 valence electrons. The molecule has 3 aromatic heterocycles. The standard InChI is InChI=1S/C16H15N5OS/c1-10(16-17-5-6-23-16)22-12-3-4-14-13(7-12)15(20-19-14)11-8-18-21(2)9-11/h3-10H,1-2H3,(H,19,20). The molecule has 23 heavy (non-hydrogen) atoms. The maximum absolute atomic E-state index is 6.02. The van der Waals surface area contributed by atoms with Crippen molar-refractivity contribution in [2.24, 2.45) is 7.05 Å².